The third-order valence-electron chi connectivity index (χ3n) is 5.48. The molecule has 1 aliphatic carbocycles. The normalized spacial score (nSPS) is 22.6. The molecule has 26 heavy (non-hydrogen) atoms. The number of aliphatic carboxylic acids is 1. The van der Waals surface area contributed by atoms with Crippen molar-refractivity contribution in [3.8, 4) is 5.75 Å². The van der Waals surface area contributed by atoms with Gasteiger partial charge < -0.3 is 14.7 Å². The van der Waals surface area contributed by atoms with Crippen LogP contribution in [0.2, 0.25) is 0 Å². The molecular weight excluding hydrogens is 332 g/mol. The van der Waals surface area contributed by atoms with E-state index in [1.54, 1.807) is 12.0 Å². The number of likely N-dealkylation sites (tertiary alicyclic amines) is 1. The second kappa shape index (κ2) is 6.27. The Morgan fingerprint density at radius 3 is 2.62 bits per heavy atom. The van der Waals surface area contributed by atoms with Gasteiger partial charge in [0.2, 0.25) is 0 Å². The second-order valence-electron chi connectivity index (χ2n) is 7.38. The molecule has 1 N–H and O–H groups in total. The molecule has 0 unspecified atom stereocenters. The molecule has 1 aliphatic heterocycles. The van der Waals surface area contributed by atoms with Crippen LogP contribution >= 0.6 is 0 Å². The van der Waals surface area contributed by atoms with E-state index in [0.717, 1.165) is 29.4 Å². The summed E-state index contributed by atoms with van der Waals surface area (Å²) in [6.45, 7) is 2.60. The minimum atomic E-state index is -0.840. The fraction of sp³-hybridized carbons (Fsp3) is 0.450. The Balaban J connectivity index is 1.76. The number of methoxy groups -OCH3 is 1. The average molecular weight is 354 g/mol. The summed E-state index contributed by atoms with van der Waals surface area (Å²) in [6.07, 6.45) is 2.20. The predicted octanol–water partition coefficient (Wildman–Crippen LogP) is 2.91. The number of aromatic nitrogens is 1. The number of carbonyl (C=O) groups is 2. The van der Waals surface area contributed by atoms with Crippen molar-refractivity contribution in [3.63, 3.8) is 0 Å². The molecule has 1 aromatic heterocycles. The highest BCUT2D eigenvalue weighted by Gasteiger charge is 2.38. The van der Waals surface area contributed by atoms with Crippen molar-refractivity contribution < 1.29 is 19.4 Å². The first kappa shape index (κ1) is 16.8. The number of fused-ring (bicyclic) bond motifs is 1. The van der Waals surface area contributed by atoms with E-state index < -0.39 is 11.9 Å². The van der Waals surface area contributed by atoms with Crippen LogP contribution in [0.1, 0.15) is 41.7 Å². The lowest BCUT2D eigenvalue weighted by atomic mass is 9.99. The van der Waals surface area contributed by atoms with Crippen molar-refractivity contribution in [3.05, 3.63) is 35.5 Å². The van der Waals surface area contributed by atoms with Gasteiger partial charge in [0.05, 0.1) is 24.1 Å². The third kappa shape index (κ3) is 2.89. The highest BCUT2D eigenvalue weighted by molar-refractivity contribution is 6.07. The Hall–Kier alpha value is -2.63. The monoisotopic (exact) mass is 354 g/mol. The van der Waals surface area contributed by atoms with Gasteiger partial charge in [0, 0.05) is 30.1 Å². The van der Waals surface area contributed by atoms with Crippen molar-refractivity contribution in [2.75, 3.05) is 20.2 Å². The Bertz CT molecular complexity index is 891. The summed E-state index contributed by atoms with van der Waals surface area (Å²) in [7, 11) is 1.59. The number of ether oxygens (including phenoxy) is 1. The lowest BCUT2D eigenvalue weighted by Gasteiger charge is -2.18. The Morgan fingerprint density at radius 1 is 1.23 bits per heavy atom. The molecule has 2 aromatic rings. The summed E-state index contributed by atoms with van der Waals surface area (Å²) >= 11 is 0. The molecule has 136 valence electrons. The number of carboxylic acids is 1. The van der Waals surface area contributed by atoms with Gasteiger partial charge in [-0.3, -0.25) is 14.6 Å². The van der Waals surface area contributed by atoms with Gasteiger partial charge in [-0.25, -0.2) is 0 Å². The first-order valence-corrected chi connectivity index (χ1v) is 8.98. The molecule has 0 spiro atoms. The van der Waals surface area contributed by atoms with E-state index in [-0.39, 0.29) is 18.4 Å². The maximum Gasteiger partial charge on any atom is 0.308 e. The molecule has 0 bridgehead atoms. The van der Waals surface area contributed by atoms with Gasteiger partial charge in [0.25, 0.3) is 5.91 Å². The number of hydrogen-bond acceptors (Lipinski definition) is 4. The fourth-order valence-corrected chi connectivity index (χ4v) is 3.74. The largest absolute Gasteiger partial charge is 0.497 e. The maximum atomic E-state index is 13.2. The summed E-state index contributed by atoms with van der Waals surface area (Å²) < 4.78 is 5.31. The molecule has 6 nitrogen and oxygen atoms in total. The van der Waals surface area contributed by atoms with E-state index in [9.17, 15) is 14.7 Å². The first-order valence-electron chi connectivity index (χ1n) is 8.98. The molecule has 4 rings (SSSR count). The highest BCUT2D eigenvalue weighted by atomic mass is 16.5. The lowest BCUT2D eigenvalue weighted by Crippen LogP contribution is -2.30. The summed E-state index contributed by atoms with van der Waals surface area (Å²) in [4.78, 5) is 31.0. The number of rotatable bonds is 4. The summed E-state index contributed by atoms with van der Waals surface area (Å²) in [5.74, 6) is -0.426. The predicted molar refractivity (Wildman–Crippen MR) is 96.5 cm³/mol. The van der Waals surface area contributed by atoms with Gasteiger partial charge >= 0.3 is 5.97 Å². The third-order valence-corrected chi connectivity index (χ3v) is 5.48. The van der Waals surface area contributed by atoms with Gasteiger partial charge in [-0.05, 0) is 43.0 Å². The lowest BCUT2D eigenvalue weighted by molar-refractivity contribution is -0.142. The summed E-state index contributed by atoms with van der Waals surface area (Å²) in [5.41, 5.74) is 2.32. The average Bonchev–Trinajstić information content (AvgIpc) is 3.41. The molecule has 1 saturated carbocycles. The van der Waals surface area contributed by atoms with Crippen LogP contribution in [0.4, 0.5) is 0 Å². The van der Waals surface area contributed by atoms with Crippen LogP contribution in [0.3, 0.4) is 0 Å². The van der Waals surface area contributed by atoms with Crippen LogP contribution in [0.15, 0.2) is 24.3 Å². The minimum Gasteiger partial charge on any atom is -0.497 e. The van der Waals surface area contributed by atoms with Crippen LogP contribution in [-0.4, -0.2) is 47.1 Å². The number of nitrogens with zero attached hydrogens (tertiary/aromatic N) is 2. The Labute approximate surface area is 151 Å². The zero-order valence-corrected chi connectivity index (χ0v) is 14.9. The van der Waals surface area contributed by atoms with Crippen molar-refractivity contribution >= 4 is 22.8 Å². The molecule has 1 aromatic carbocycles. The van der Waals surface area contributed by atoms with Crippen molar-refractivity contribution in [1.29, 1.82) is 0 Å². The molecule has 2 aliphatic rings. The number of hydrogen-bond donors (Lipinski definition) is 1. The molecule has 6 heteroatoms. The van der Waals surface area contributed by atoms with Crippen LogP contribution in [-0.2, 0) is 4.79 Å². The topological polar surface area (TPSA) is 79.7 Å². The molecule has 2 atom stereocenters. The molecule has 2 fully saturated rings. The molecule has 1 amide bonds. The van der Waals surface area contributed by atoms with Crippen LogP contribution in [0, 0.1) is 11.8 Å². The number of benzene rings is 1. The van der Waals surface area contributed by atoms with Gasteiger partial charge in [-0.1, -0.05) is 6.92 Å². The molecule has 2 heterocycles. The van der Waals surface area contributed by atoms with Crippen molar-refractivity contribution in [1.82, 2.24) is 9.88 Å². The second-order valence-corrected chi connectivity index (χ2v) is 7.38. The van der Waals surface area contributed by atoms with Gasteiger partial charge in [0.1, 0.15) is 5.75 Å². The number of carbonyl (C=O) groups excluding carboxylic acids is 1. The number of carboxylic acid groups (broad SMARTS) is 1. The Morgan fingerprint density at radius 2 is 2.00 bits per heavy atom. The standard InChI is InChI=1S/C20H22N2O4/c1-11-9-22(10-16(11)20(24)25)19(23)15-8-18(12-3-4-12)21-17-6-5-13(26-2)7-14(15)17/h5-8,11-12,16H,3-4,9-10H2,1-2H3,(H,24,25)/t11-,16-/m1/s1. The molecular formula is C20H22N2O4. The van der Waals surface area contributed by atoms with Crippen molar-refractivity contribution in [2.45, 2.75) is 25.7 Å². The van der Waals surface area contributed by atoms with Crippen LogP contribution < -0.4 is 4.74 Å². The van der Waals surface area contributed by atoms with E-state index >= 15 is 0 Å². The smallest absolute Gasteiger partial charge is 0.308 e. The SMILES string of the molecule is COc1ccc2nc(C3CC3)cc(C(=O)N3C[C@@H](C)[C@H](C(=O)O)C3)c2c1. The summed E-state index contributed by atoms with van der Waals surface area (Å²) in [5, 5.41) is 10.1. The summed E-state index contributed by atoms with van der Waals surface area (Å²) in [6, 6.07) is 7.45. The van der Waals surface area contributed by atoms with Gasteiger partial charge in [-0.15, -0.1) is 0 Å². The number of amides is 1. The fourth-order valence-electron chi connectivity index (χ4n) is 3.74. The van der Waals surface area contributed by atoms with Crippen LogP contribution in [0.25, 0.3) is 10.9 Å². The highest BCUT2D eigenvalue weighted by Crippen LogP contribution is 2.41. The van der Waals surface area contributed by atoms with Gasteiger partial charge in [0.15, 0.2) is 0 Å². The van der Waals surface area contributed by atoms with E-state index in [4.69, 9.17) is 9.72 Å². The van der Waals surface area contributed by atoms with E-state index in [1.165, 1.54) is 0 Å². The van der Waals surface area contributed by atoms with E-state index in [0.29, 0.717) is 23.8 Å². The first-order chi connectivity index (χ1) is 12.5. The van der Waals surface area contributed by atoms with Crippen molar-refractivity contribution in [2.24, 2.45) is 11.8 Å². The minimum absolute atomic E-state index is 0.0537. The quantitative estimate of drug-likeness (QED) is 0.913. The van der Waals surface area contributed by atoms with E-state index in [2.05, 4.69) is 0 Å². The molecule has 1 saturated heterocycles. The zero-order chi connectivity index (χ0) is 18.4. The van der Waals surface area contributed by atoms with E-state index in [1.807, 2.05) is 31.2 Å². The zero-order valence-electron chi connectivity index (χ0n) is 14.9. The molecule has 0 radical (unpaired) electrons. The number of pyridine rings is 1. The Kier molecular flexibility index (Phi) is 4.05. The van der Waals surface area contributed by atoms with Crippen LogP contribution in [0.5, 0.6) is 5.75 Å². The maximum absolute atomic E-state index is 13.2. The van der Waals surface area contributed by atoms with Gasteiger partial charge in [-0.2, -0.15) is 0 Å².